The lowest BCUT2D eigenvalue weighted by Gasteiger charge is -2.20. The van der Waals surface area contributed by atoms with Crippen molar-refractivity contribution in [2.24, 2.45) is 0 Å². The van der Waals surface area contributed by atoms with Crippen LogP contribution in [0.1, 0.15) is 65.9 Å². The number of carbonyl (C=O) groups is 1. The van der Waals surface area contributed by atoms with Crippen LogP contribution < -0.4 is 5.32 Å². The number of amides is 1. The Hall–Kier alpha value is -3.13. The van der Waals surface area contributed by atoms with Crippen LogP contribution in [-0.4, -0.2) is 38.7 Å². The summed E-state index contributed by atoms with van der Waals surface area (Å²) in [4.78, 5) is 14.9. The predicted octanol–water partition coefficient (Wildman–Crippen LogP) is 4.23. The molecule has 33 heavy (non-hydrogen) atoms. The highest BCUT2D eigenvalue weighted by Crippen LogP contribution is 2.19. The van der Waals surface area contributed by atoms with E-state index in [0.717, 1.165) is 50.1 Å². The fourth-order valence-electron chi connectivity index (χ4n) is 4.14. The van der Waals surface area contributed by atoms with E-state index in [1.54, 1.807) is 6.92 Å². The number of nitrogens with zero attached hydrogens (tertiary/aromatic N) is 4. The molecule has 3 aromatic rings. The van der Waals surface area contributed by atoms with Crippen LogP contribution in [0.25, 0.3) is 0 Å². The number of nitrogens with one attached hydrogen (secondary N) is 1. The second kappa shape index (κ2) is 9.79. The van der Waals surface area contributed by atoms with Crippen molar-refractivity contribution in [2.45, 2.75) is 52.2 Å². The average Bonchev–Trinajstić information content (AvgIpc) is 3.10. The molecule has 1 N–H and O–H groups in total. The van der Waals surface area contributed by atoms with Gasteiger partial charge in [0.25, 0.3) is 5.91 Å². The number of carbonyl (C=O) groups excluding carboxylic acids is 1. The number of hydrogen-bond acceptors (Lipinski definition) is 4. The molecule has 0 saturated heterocycles. The smallest absolute Gasteiger partial charge is 0.254 e. The van der Waals surface area contributed by atoms with Gasteiger partial charge in [-0.15, -0.1) is 10.2 Å². The zero-order valence-electron chi connectivity index (χ0n) is 19.2. The molecule has 0 unspecified atom stereocenters. The fraction of sp³-hybridized carbons (Fsp3) is 0.400. The van der Waals surface area contributed by atoms with Gasteiger partial charge < -0.3 is 9.88 Å². The molecule has 6 nitrogen and oxygen atoms in total. The summed E-state index contributed by atoms with van der Waals surface area (Å²) in [5, 5.41) is 11.3. The minimum atomic E-state index is -0.766. The molecule has 0 bridgehead atoms. The van der Waals surface area contributed by atoms with Crippen molar-refractivity contribution in [1.29, 1.82) is 0 Å². The van der Waals surface area contributed by atoms with Crippen LogP contribution in [0.3, 0.4) is 0 Å². The van der Waals surface area contributed by atoms with Gasteiger partial charge in [-0.3, -0.25) is 9.69 Å². The first-order chi connectivity index (χ1) is 15.8. The molecule has 174 valence electrons. The van der Waals surface area contributed by atoms with Crippen LogP contribution in [0, 0.1) is 11.6 Å². The van der Waals surface area contributed by atoms with Crippen molar-refractivity contribution in [3.05, 3.63) is 82.4 Å². The lowest BCUT2D eigenvalue weighted by atomic mass is 10.0. The monoisotopic (exact) mass is 453 g/mol. The van der Waals surface area contributed by atoms with Gasteiger partial charge in [-0.25, -0.2) is 8.78 Å². The van der Waals surface area contributed by atoms with Crippen molar-refractivity contribution in [2.75, 3.05) is 13.1 Å². The van der Waals surface area contributed by atoms with E-state index in [9.17, 15) is 13.6 Å². The molecule has 2 heterocycles. The highest BCUT2D eigenvalue weighted by molar-refractivity contribution is 5.94. The molecule has 4 rings (SSSR count). The maximum atomic E-state index is 14.0. The number of aromatic nitrogens is 3. The highest BCUT2D eigenvalue weighted by Gasteiger charge is 2.24. The van der Waals surface area contributed by atoms with Crippen molar-refractivity contribution in [3.63, 3.8) is 0 Å². The maximum absolute atomic E-state index is 14.0. The van der Waals surface area contributed by atoms with Crippen molar-refractivity contribution >= 4 is 5.91 Å². The molecule has 1 amide bonds. The second-order valence-corrected chi connectivity index (χ2v) is 8.87. The summed E-state index contributed by atoms with van der Waals surface area (Å²) < 4.78 is 29.4. The van der Waals surface area contributed by atoms with Crippen LogP contribution in [0.4, 0.5) is 8.78 Å². The number of fused-ring (bicyclic) bond motifs is 1. The number of hydrogen-bond donors (Lipinski definition) is 1. The van der Waals surface area contributed by atoms with Crippen LogP contribution in [0.5, 0.6) is 0 Å². The van der Waals surface area contributed by atoms with Gasteiger partial charge in [0.2, 0.25) is 0 Å². The first-order valence-electron chi connectivity index (χ1n) is 11.3. The van der Waals surface area contributed by atoms with Crippen molar-refractivity contribution in [1.82, 2.24) is 25.0 Å². The van der Waals surface area contributed by atoms with Crippen LogP contribution in [0.2, 0.25) is 0 Å². The molecular formula is C25H29F2N5O. The lowest BCUT2D eigenvalue weighted by Crippen LogP contribution is -2.30. The van der Waals surface area contributed by atoms with Gasteiger partial charge >= 0.3 is 0 Å². The Bertz CT molecular complexity index is 1130. The van der Waals surface area contributed by atoms with Gasteiger partial charge in [0.1, 0.15) is 17.5 Å². The van der Waals surface area contributed by atoms with Gasteiger partial charge in [0.05, 0.1) is 11.6 Å². The first kappa shape index (κ1) is 23.0. The third-order valence-electron chi connectivity index (χ3n) is 6.11. The van der Waals surface area contributed by atoms with Gasteiger partial charge in [-0.2, -0.15) is 0 Å². The second-order valence-electron chi connectivity index (χ2n) is 8.87. The van der Waals surface area contributed by atoms with E-state index < -0.39 is 23.6 Å². The van der Waals surface area contributed by atoms with Crippen molar-refractivity contribution < 1.29 is 13.6 Å². The summed E-state index contributed by atoms with van der Waals surface area (Å²) in [7, 11) is 0. The summed E-state index contributed by atoms with van der Waals surface area (Å²) in [5.41, 5.74) is 2.28. The van der Waals surface area contributed by atoms with E-state index in [2.05, 4.69) is 58.5 Å². The maximum Gasteiger partial charge on any atom is 0.254 e. The minimum absolute atomic E-state index is 0.327. The van der Waals surface area contributed by atoms with E-state index in [-0.39, 0.29) is 5.56 Å². The zero-order valence-corrected chi connectivity index (χ0v) is 19.2. The van der Waals surface area contributed by atoms with Crippen LogP contribution in [0.15, 0.2) is 42.5 Å². The normalized spacial score (nSPS) is 15.2. The van der Waals surface area contributed by atoms with Crippen LogP contribution in [-0.2, 0) is 19.5 Å². The zero-order chi connectivity index (χ0) is 23.5. The molecule has 1 aromatic heterocycles. The first-order valence-corrected chi connectivity index (χ1v) is 11.3. The molecule has 1 aliphatic rings. The van der Waals surface area contributed by atoms with Crippen LogP contribution >= 0.6 is 0 Å². The molecule has 1 aliphatic heterocycles. The average molecular weight is 454 g/mol. The Kier molecular flexibility index (Phi) is 6.83. The number of benzene rings is 2. The van der Waals surface area contributed by atoms with E-state index in [1.807, 2.05) is 4.57 Å². The Morgan fingerprint density at radius 3 is 2.52 bits per heavy atom. The molecule has 0 spiro atoms. The van der Waals surface area contributed by atoms with Gasteiger partial charge in [0.15, 0.2) is 5.82 Å². The van der Waals surface area contributed by atoms with E-state index in [4.69, 9.17) is 0 Å². The molecule has 8 heteroatoms. The Balaban J connectivity index is 1.41. The SMILES string of the molecule is CC(C)c1ccc(CN2CCc3nnc([C@@H](C)NC(=O)c4cc(F)ccc4F)n3CC2)cc1. The standard InChI is InChI=1S/C25H29F2N5O/c1-16(2)19-6-4-18(5-7-19)15-31-11-10-23-29-30-24(32(23)13-12-31)17(3)28-25(33)21-14-20(26)8-9-22(21)27/h4-9,14,16-17H,10-13,15H2,1-3H3,(H,28,33)/t17-/m1/s1. The molecule has 0 fully saturated rings. The molecule has 1 atom stereocenters. The quantitative estimate of drug-likeness (QED) is 0.607. The molecule has 0 radical (unpaired) electrons. The Morgan fingerprint density at radius 2 is 1.79 bits per heavy atom. The fourth-order valence-corrected chi connectivity index (χ4v) is 4.14. The van der Waals surface area contributed by atoms with Gasteiger partial charge in [-0.1, -0.05) is 38.1 Å². The minimum Gasteiger partial charge on any atom is -0.342 e. The molecule has 0 saturated carbocycles. The molecular weight excluding hydrogens is 424 g/mol. The van der Waals surface area contributed by atoms with E-state index in [0.29, 0.717) is 18.3 Å². The lowest BCUT2D eigenvalue weighted by molar-refractivity contribution is 0.0933. The largest absolute Gasteiger partial charge is 0.342 e. The van der Waals surface area contributed by atoms with Gasteiger partial charge in [0, 0.05) is 32.6 Å². The summed E-state index contributed by atoms with van der Waals surface area (Å²) in [6.07, 6.45) is 0.746. The summed E-state index contributed by atoms with van der Waals surface area (Å²) in [5.74, 6) is -0.126. The predicted molar refractivity (Wildman–Crippen MR) is 122 cm³/mol. The number of rotatable bonds is 6. The van der Waals surface area contributed by atoms with Crippen molar-refractivity contribution in [3.8, 4) is 0 Å². The van der Waals surface area contributed by atoms with E-state index in [1.165, 1.54) is 11.1 Å². The van der Waals surface area contributed by atoms with E-state index >= 15 is 0 Å². The number of halogens is 2. The Morgan fingerprint density at radius 1 is 1.03 bits per heavy atom. The van der Waals surface area contributed by atoms with Gasteiger partial charge in [-0.05, 0) is 42.2 Å². The molecule has 0 aliphatic carbocycles. The highest BCUT2D eigenvalue weighted by atomic mass is 19.1. The summed E-state index contributed by atoms with van der Waals surface area (Å²) in [6, 6.07) is 11.1. The third-order valence-corrected chi connectivity index (χ3v) is 6.11. The topological polar surface area (TPSA) is 63.1 Å². The molecule has 2 aromatic carbocycles. The third kappa shape index (κ3) is 5.27. The summed E-state index contributed by atoms with van der Waals surface area (Å²) >= 11 is 0. The summed E-state index contributed by atoms with van der Waals surface area (Å²) in [6.45, 7) is 9.38. The Labute approximate surface area is 192 Å².